The van der Waals surface area contributed by atoms with Crippen LogP contribution in [0, 0.1) is 0 Å². The number of carbonyl (C=O) groups is 2. The molecule has 0 radical (unpaired) electrons. The van der Waals surface area contributed by atoms with Crippen molar-refractivity contribution in [1.82, 2.24) is 14.9 Å². The van der Waals surface area contributed by atoms with E-state index in [1.165, 1.54) is 17.7 Å². The summed E-state index contributed by atoms with van der Waals surface area (Å²) < 4.78 is 1.12. The number of carbonyl (C=O) groups excluding carboxylic acids is 1. The normalized spacial score (nSPS) is 12.2. The smallest absolute Gasteiger partial charge is 0.334 e. The number of nitrogens with zero attached hydrogens (tertiary/aromatic N) is 2. The van der Waals surface area contributed by atoms with Crippen molar-refractivity contribution in [2.45, 2.75) is 12.6 Å². The maximum atomic E-state index is 12.0. The highest BCUT2D eigenvalue weighted by atomic mass is 32.1. The van der Waals surface area contributed by atoms with Crippen LogP contribution in [0.25, 0.3) is 10.2 Å². The van der Waals surface area contributed by atoms with Crippen molar-refractivity contribution in [1.29, 1.82) is 0 Å². The van der Waals surface area contributed by atoms with Gasteiger partial charge in [0.05, 0.1) is 18.3 Å². The predicted molar refractivity (Wildman–Crippen MR) is 70.5 cm³/mol. The molecule has 0 bridgehead atoms. The third-order valence-electron chi connectivity index (χ3n) is 2.54. The van der Waals surface area contributed by atoms with E-state index in [4.69, 9.17) is 10.2 Å². The largest absolute Gasteiger partial charge is 0.479 e. The molecule has 8 nitrogen and oxygen atoms in total. The summed E-state index contributed by atoms with van der Waals surface area (Å²) in [5.41, 5.74) is -0.342. The van der Waals surface area contributed by atoms with E-state index in [0.29, 0.717) is 10.2 Å². The van der Waals surface area contributed by atoms with Crippen LogP contribution in [-0.2, 0) is 16.1 Å². The first-order valence-corrected chi connectivity index (χ1v) is 6.47. The fourth-order valence-corrected chi connectivity index (χ4v) is 2.24. The number of thiophene rings is 1. The average molecular weight is 297 g/mol. The van der Waals surface area contributed by atoms with Crippen LogP contribution in [0.4, 0.5) is 0 Å². The molecule has 0 unspecified atom stereocenters. The van der Waals surface area contributed by atoms with Gasteiger partial charge in [0.1, 0.15) is 11.4 Å². The van der Waals surface area contributed by atoms with Crippen LogP contribution in [-0.4, -0.2) is 44.3 Å². The van der Waals surface area contributed by atoms with E-state index in [-0.39, 0.29) is 12.1 Å². The highest BCUT2D eigenvalue weighted by Gasteiger charge is 2.15. The lowest BCUT2D eigenvalue weighted by Crippen LogP contribution is -2.39. The Balaban J connectivity index is 2.04. The van der Waals surface area contributed by atoms with Crippen LogP contribution in [0.15, 0.2) is 22.6 Å². The second-order valence-electron chi connectivity index (χ2n) is 3.98. The molecule has 2 aromatic heterocycles. The molecule has 20 heavy (non-hydrogen) atoms. The van der Waals surface area contributed by atoms with E-state index < -0.39 is 24.5 Å². The number of hydrogen-bond acceptors (Lipinski definition) is 6. The minimum absolute atomic E-state index is 0.288. The Morgan fingerprint density at radius 3 is 2.95 bits per heavy atom. The van der Waals surface area contributed by atoms with E-state index in [1.54, 1.807) is 11.4 Å². The van der Waals surface area contributed by atoms with Gasteiger partial charge in [0.2, 0.25) is 5.91 Å². The Morgan fingerprint density at radius 1 is 1.50 bits per heavy atom. The fraction of sp³-hybridized carbons (Fsp3) is 0.273. The zero-order valence-corrected chi connectivity index (χ0v) is 11.0. The Bertz CT molecular complexity index is 707. The third-order valence-corrected chi connectivity index (χ3v) is 3.36. The highest BCUT2D eigenvalue weighted by Crippen LogP contribution is 2.12. The zero-order chi connectivity index (χ0) is 14.7. The van der Waals surface area contributed by atoms with Crippen LogP contribution in [0.2, 0.25) is 0 Å². The molecular formula is C11H11N3O5S. The molecule has 0 aromatic carbocycles. The lowest BCUT2D eigenvalue weighted by atomic mass is 10.3. The summed E-state index contributed by atoms with van der Waals surface area (Å²) in [4.78, 5) is 38.5. The van der Waals surface area contributed by atoms with Crippen molar-refractivity contribution in [2.75, 3.05) is 6.54 Å². The second-order valence-corrected chi connectivity index (χ2v) is 4.87. The molecule has 1 amide bonds. The lowest BCUT2D eigenvalue weighted by molar-refractivity contribution is -0.146. The molecule has 0 saturated heterocycles. The molecule has 0 aliphatic rings. The monoisotopic (exact) mass is 297 g/mol. The average Bonchev–Trinajstić information content (AvgIpc) is 2.88. The SMILES string of the molecule is O=C(Cn1cnc2sccc2c1=O)NC[C@H](O)C(=O)O. The van der Waals surface area contributed by atoms with Crippen molar-refractivity contribution in [3.8, 4) is 0 Å². The Hall–Kier alpha value is -2.26. The molecule has 0 spiro atoms. The quantitative estimate of drug-likeness (QED) is 0.652. The number of aliphatic hydroxyl groups excluding tert-OH is 1. The molecule has 0 saturated carbocycles. The molecule has 3 N–H and O–H groups in total. The molecular weight excluding hydrogens is 286 g/mol. The molecule has 2 heterocycles. The number of carboxylic acid groups (broad SMARTS) is 1. The van der Waals surface area contributed by atoms with Crippen LogP contribution < -0.4 is 10.9 Å². The number of aromatic nitrogens is 2. The van der Waals surface area contributed by atoms with Gasteiger partial charge >= 0.3 is 5.97 Å². The number of nitrogens with one attached hydrogen (secondary N) is 1. The number of aliphatic hydroxyl groups is 1. The molecule has 0 fully saturated rings. The molecule has 2 aromatic rings. The summed E-state index contributed by atoms with van der Waals surface area (Å²) in [7, 11) is 0. The minimum Gasteiger partial charge on any atom is -0.479 e. The maximum absolute atomic E-state index is 12.0. The second kappa shape index (κ2) is 5.80. The molecule has 0 aliphatic heterocycles. The topological polar surface area (TPSA) is 122 Å². The van der Waals surface area contributed by atoms with Crippen LogP contribution in [0.5, 0.6) is 0 Å². The van der Waals surface area contributed by atoms with Gasteiger partial charge in [-0.3, -0.25) is 14.2 Å². The Morgan fingerprint density at radius 2 is 2.25 bits per heavy atom. The van der Waals surface area contributed by atoms with Crippen molar-refractivity contribution >= 4 is 33.4 Å². The van der Waals surface area contributed by atoms with Gasteiger partial charge in [-0.05, 0) is 11.4 Å². The van der Waals surface area contributed by atoms with Crippen LogP contribution in [0.1, 0.15) is 0 Å². The number of rotatable bonds is 5. The number of hydrogen-bond donors (Lipinski definition) is 3. The van der Waals surface area contributed by atoms with Gasteiger partial charge in [0.15, 0.2) is 6.10 Å². The summed E-state index contributed by atoms with van der Waals surface area (Å²) in [6, 6.07) is 1.62. The van der Waals surface area contributed by atoms with Gasteiger partial charge in [0, 0.05) is 0 Å². The molecule has 2 rings (SSSR count). The van der Waals surface area contributed by atoms with Gasteiger partial charge in [-0.15, -0.1) is 11.3 Å². The predicted octanol–water partition coefficient (Wildman–Crippen LogP) is -0.980. The first-order chi connectivity index (χ1) is 9.49. The number of fused-ring (bicyclic) bond motifs is 1. The highest BCUT2D eigenvalue weighted by molar-refractivity contribution is 7.16. The molecule has 0 aliphatic carbocycles. The van der Waals surface area contributed by atoms with E-state index in [0.717, 1.165) is 4.57 Å². The summed E-state index contributed by atoms with van der Waals surface area (Å²) in [6.45, 7) is -0.707. The summed E-state index contributed by atoms with van der Waals surface area (Å²) in [5, 5.41) is 21.9. The van der Waals surface area contributed by atoms with Crippen LogP contribution in [0.3, 0.4) is 0 Å². The Kier molecular flexibility index (Phi) is 4.11. The number of amides is 1. The standard InChI is InChI=1S/C11H11N3O5S/c15-7(11(18)19)3-12-8(16)4-14-5-13-9-6(10(14)17)1-2-20-9/h1-2,5,7,15H,3-4H2,(H,12,16)(H,18,19)/t7-/m0/s1. The van der Waals surface area contributed by atoms with E-state index in [9.17, 15) is 14.4 Å². The number of carboxylic acids is 1. The first-order valence-electron chi connectivity index (χ1n) is 5.59. The molecule has 9 heteroatoms. The van der Waals surface area contributed by atoms with Crippen LogP contribution >= 0.6 is 11.3 Å². The maximum Gasteiger partial charge on any atom is 0.334 e. The Labute approximate surface area is 116 Å². The van der Waals surface area contributed by atoms with Gasteiger partial charge in [-0.2, -0.15) is 0 Å². The van der Waals surface area contributed by atoms with Gasteiger partial charge in [-0.1, -0.05) is 0 Å². The van der Waals surface area contributed by atoms with Crippen molar-refractivity contribution in [2.24, 2.45) is 0 Å². The molecule has 106 valence electrons. The van der Waals surface area contributed by atoms with Crippen molar-refractivity contribution in [3.05, 3.63) is 28.1 Å². The van der Waals surface area contributed by atoms with Gasteiger partial charge in [0.25, 0.3) is 5.56 Å². The van der Waals surface area contributed by atoms with Crippen molar-refractivity contribution in [3.63, 3.8) is 0 Å². The zero-order valence-electron chi connectivity index (χ0n) is 10.1. The fourth-order valence-electron chi connectivity index (χ4n) is 1.51. The number of aliphatic carboxylic acids is 1. The van der Waals surface area contributed by atoms with Gasteiger partial charge in [-0.25, -0.2) is 9.78 Å². The summed E-state index contributed by atoms with van der Waals surface area (Å²) >= 11 is 1.32. The first kappa shape index (κ1) is 14.2. The van der Waals surface area contributed by atoms with Gasteiger partial charge < -0.3 is 15.5 Å². The third kappa shape index (κ3) is 3.00. The minimum atomic E-state index is -1.67. The lowest BCUT2D eigenvalue weighted by Gasteiger charge is -2.08. The molecule has 1 atom stereocenters. The van der Waals surface area contributed by atoms with Crippen molar-refractivity contribution < 1.29 is 19.8 Å². The van der Waals surface area contributed by atoms with E-state index in [1.807, 2.05) is 0 Å². The van der Waals surface area contributed by atoms with E-state index >= 15 is 0 Å². The van der Waals surface area contributed by atoms with E-state index in [2.05, 4.69) is 10.3 Å². The summed E-state index contributed by atoms with van der Waals surface area (Å²) in [6.07, 6.45) is -0.415. The summed E-state index contributed by atoms with van der Waals surface area (Å²) in [5.74, 6) is -2.01.